The molecule has 4 nitrogen and oxygen atoms in total. The lowest BCUT2D eigenvalue weighted by Crippen LogP contribution is -2.16. The SMILES string of the molecule is CC1(C)c2ccccc2-c2ccc3c4ccccc4n(-c4nc(-c5ccccc5)nc5c4oc4ccccc45)c3c21. The van der Waals surface area contributed by atoms with Gasteiger partial charge in [0.05, 0.1) is 11.0 Å². The monoisotopic (exact) mass is 527 g/mol. The van der Waals surface area contributed by atoms with Crippen molar-refractivity contribution in [1.29, 1.82) is 0 Å². The van der Waals surface area contributed by atoms with Gasteiger partial charge >= 0.3 is 0 Å². The van der Waals surface area contributed by atoms with Gasteiger partial charge < -0.3 is 4.42 Å². The molecule has 0 atom stereocenters. The van der Waals surface area contributed by atoms with Gasteiger partial charge in [0.25, 0.3) is 0 Å². The van der Waals surface area contributed by atoms with E-state index in [2.05, 4.69) is 97.3 Å². The van der Waals surface area contributed by atoms with Gasteiger partial charge in [-0.15, -0.1) is 0 Å². The van der Waals surface area contributed by atoms with Crippen molar-refractivity contribution in [1.82, 2.24) is 14.5 Å². The Labute approximate surface area is 236 Å². The maximum absolute atomic E-state index is 6.58. The van der Waals surface area contributed by atoms with E-state index in [1.807, 2.05) is 36.4 Å². The molecule has 0 saturated carbocycles. The van der Waals surface area contributed by atoms with Crippen molar-refractivity contribution in [2.24, 2.45) is 0 Å². The predicted molar refractivity (Wildman–Crippen MR) is 167 cm³/mol. The molecule has 4 heteroatoms. The van der Waals surface area contributed by atoms with Gasteiger partial charge in [0, 0.05) is 27.1 Å². The molecule has 0 saturated heterocycles. The van der Waals surface area contributed by atoms with Crippen LogP contribution in [-0.2, 0) is 5.41 Å². The largest absolute Gasteiger partial charge is 0.450 e. The molecule has 0 fully saturated rings. The maximum atomic E-state index is 6.58. The van der Waals surface area contributed by atoms with Crippen LogP contribution < -0.4 is 0 Å². The van der Waals surface area contributed by atoms with Crippen LogP contribution in [-0.4, -0.2) is 14.5 Å². The molecule has 3 aromatic heterocycles. The van der Waals surface area contributed by atoms with Crippen molar-refractivity contribution >= 4 is 43.9 Å². The fraction of sp³-hybridized carbons (Fsp3) is 0.0811. The first-order valence-corrected chi connectivity index (χ1v) is 14.0. The highest BCUT2D eigenvalue weighted by atomic mass is 16.3. The molecular weight excluding hydrogens is 502 g/mol. The van der Waals surface area contributed by atoms with Crippen molar-refractivity contribution in [3.8, 4) is 28.3 Å². The Bertz CT molecular complexity index is 2340. The predicted octanol–water partition coefficient (Wildman–Crippen LogP) is 9.45. The molecule has 0 spiro atoms. The van der Waals surface area contributed by atoms with E-state index in [0.29, 0.717) is 11.4 Å². The first-order chi connectivity index (χ1) is 20.1. The summed E-state index contributed by atoms with van der Waals surface area (Å²) in [4.78, 5) is 10.4. The van der Waals surface area contributed by atoms with Crippen molar-refractivity contribution in [3.63, 3.8) is 0 Å². The van der Waals surface area contributed by atoms with Crippen LogP contribution in [0.5, 0.6) is 0 Å². The van der Waals surface area contributed by atoms with Crippen LogP contribution in [0.2, 0.25) is 0 Å². The van der Waals surface area contributed by atoms with Gasteiger partial charge in [0.1, 0.15) is 11.1 Å². The zero-order chi connectivity index (χ0) is 27.3. The average Bonchev–Trinajstić information content (AvgIpc) is 3.63. The Morgan fingerprint density at radius 1 is 0.634 bits per heavy atom. The Balaban J connectivity index is 1.50. The number of furan rings is 1. The third kappa shape index (κ3) is 2.94. The summed E-state index contributed by atoms with van der Waals surface area (Å²) in [6.07, 6.45) is 0. The third-order valence-electron chi connectivity index (χ3n) is 8.80. The lowest BCUT2D eigenvalue weighted by Gasteiger charge is -2.23. The Morgan fingerprint density at radius 3 is 2.24 bits per heavy atom. The quantitative estimate of drug-likeness (QED) is 0.225. The van der Waals surface area contributed by atoms with Crippen LogP contribution in [0.3, 0.4) is 0 Å². The highest BCUT2D eigenvalue weighted by molar-refractivity contribution is 6.14. The van der Waals surface area contributed by atoms with Crippen LogP contribution in [0.15, 0.2) is 120 Å². The molecule has 9 rings (SSSR count). The molecule has 0 amide bonds. The van der Waals surface area contributed by atoms with Crippen LogP contribution in [0, 0.1) is 0 Å². The molecule has 0 radical (unpaired) electrons. The minimum atomic E-state index is -0.195. The summed E-state index contributed by atoms with van der Waals surface area (Å²) in [6, 6.07) is 40.3. The molecule has 0 N–H and O–H groups in total. The Morgan fingerprint density at radius 2 is 1.37 bits per heavy atom. The molecular formula is C37H25N3O. The first kappa shape index (κ1) is 22.6. The number of hydrogen-bond donors (Lipinski definition) is 0. The van der Waals surface area contributed by atoms with E-state index in [1.165, 1.54) is 38.5 Å². The normalized spacial score (nSPS) is 13.8. The molecule has 0 aliphatic heterocycles. The van der Waals surface area contributed by atoms with Gasteiger partial charge in [-0.05, 0) is 40.5 Å². The summed E-state index contributed by atoms with van der Waals surface area (Å²) < 4.78 is 8.91. The van der Waals surface area contributed by atoms with Crippen LogP contribution in [0.1, 0.15) is 25.0 Å². The van der Waals surface area contributed by atoms with Crippen LogP contribution in [0.25, 0.3) is 72.2 Å². The van der Waals surface area contributed by atoms with Gasteiger partial charge in [-0.25, -0.2) is 9.97 Å². The molecule has 1 aliphatic carbocycles. The van der Waals surface area contributed by atoms with E-state index >= 15 is 0 Å². The summed E-state index contributed by atoms with van der Waals surface area (Å²) in [7, 11) is 0. The second kappa shape index (κ2) is 7.92. The number of hydrogen-bond acceptors (Lipinski definition) is 3. The summed E-state index contributed by atoms with van der Waals surface area (Å²) in [5, 5.41) is 3.40. The fourth-order valence-electron chi connectivity index (χ4n) is 6.98. The first-order valence-electron chi connectivity index (χ1n) is 14.0. The number of para-hydroxylation sites is 2. The molecule has 1 aliphatic rings. The van der Waals surface area contributed by atoms with E-state index in [4.69, 9.17) is 14.4 Å². The number of benzene rings is 5. The second-order valence-electron chi connectivity index (χ2n) is 11.4. The minimum absolute atomic E-state index is 0.195. The van der Waals surface area contributed by atoms with E-state index in [-0.39, 0.29) is 5.41 Å². The summed E-state index contributed by atoms with van der Waals surface area (Å²) >= 11 is 0. The average molecular weight is 528 g/mol. The van der Waals surface area contributed by atoms with Crippen molar-refractivity contribution in [2.45, 2.75) is 19.3 Å². The summed E-state index contributed by atoms with van der Waals surface area (Å²) in [6.45, 7) is 4.68. The standard InChI is InChI=1S/C37H25N3O/c1-37(2)28-17-9-6-14-23(28)25-20-21-26-24-15-7-10-18-29(24)40(33(26)31(25)37)36-34-32(27-16-8-11-19-30(27)41-34)38-35(39-36)22-12-4-3-5-13-22/h3-21H,1-2H3. The van der Waals surface area contributed by atoms with Crippen LogP contribution in [0.4, 0.5) is 0 Å². The number of nitrogens with zero attached hydrogens (tertiary/aromatic N) is 3. The molecule has 8 aromatic rings. The van der Waals surface area contributed by atoms with E-state index in [9.17, 15) is 0 Å². The highest BCUT2D eigenvalue weighted by Crippen LogP contribution is 2.53. The van der Waals surface area contributed by atoms with E-state index in [1.54, 1.807) is 0 Å². The lowest BCUT2D eigenvalue weighted by atomic mass is 9.81. The molecule has 0 bridgehead atoms. The van der Waals surface area contributed by atoms with Gasteiger partial charge in [-0.3, -0.25) is 4.57 Å². The molecule has 0 unspecified atom stereocenters. The second-order valence-corrected chi connectivity index (χ2v) is 11.4. The minimum Gasteiger partial charge on any atom is -0.450 e. The van der Waals surface area contributed by atoms with E-state index in [0.717, 1.165) is 33.4 Å². The van der Waals surface area contributed by atoms with Crippen molar-refractivity contribution in [2.75, 3.05) is 0 Å². The van der Waals surface area contributed by atoms with Gasteiger partial charge in [0.2, 0.25) is 0 Å². The lowest BCUT2D eigenvalue weighted by molar-refractivity contribution is 0.657. The number of rotatable bonds is 2. The third-order valence-corrected chi connectivity index (χ3v) is 8.80. The number of aromatic nitrogens is 3. The summed E-state index contributed by atoms with van der Waals surface area (Å²) in [5.41, 5.74) is 10.6. The van der Waals surface area contributed by atoms with Gasteiger partial charge in [-0.2, -0.15) is 0 Å². The molecule has 5 aromatic carbocycles. The van der Waals surface area contributed by atoms with Crippen LogP contribution >= 0.6 is 0 Å². The zero-order valence-electron chi connectivity index (χ0n) is 22.7. The topological polar surface area (TPSA) is 43.9 Å². The molecule has 3 heterocycles. The zero-order valence-corrected chi connectivity index (χ0v) is 22.7. The van der Waals surface area contributed by atoms with Gasteiger partial charge in [0.15, 0.2) is 17.2 Å². The van der Waals surface area contributed by atoms with Gasteiger partial charge in [-0.1, -0.05) is 111 Å². The fourth-order valence-corrected chi connectivity index (χ4v) is 6.98. The van der Waals surface area contributed by atoms with E-state index < -0.39 is 0 Å². The van der Waals surface area contributed by atoms with Crippen molar-refractivity contribution in [3.05, 3.63) is 126 Å². The highest BCUT2D eigenvalue weighted by Gasteiger charge is 2.38. The Kier molecular flexibility index (Phi) is 4.36. The smallest absolute Gasteiger partial charge is 0.197 e. The number of fused-ring (bicyclic) bond motifs is 10. The molecule has 194 valence electrons. The summed E-state index contributed by atoms with van der Waals surface area (Å²) in [5.74, 6) is 1.44. The Hall–Kier alpha value is -5.22. The molecule has 41 heavy (non-hydrogen) atoms. The maximum Gasteiger partial charge on any atom is 0.197 e. The van der Waals surface area contributed by atoms with Crippen molar-refractivity contribution < 1.29 is 4.42 Å².